The average molecular weight is 218 g/mol. The Hall–Kier alpha value is -1.02. The number of hydrogen-bond acceptors (Lipinski definition) is 2. The van der Waals surface area contributed by atoms with Crippen LogP contribution in [-0.2, 0) is 6.54 Å². The third-order valence-electron chi connectivity index (χ3n) is 3.26. The molecule has 2 N–H and O–H groups in total. The van der Waals surface area contributed by atoms with Crippen LogP contribution in [0.15, 0.2) is 24.3 Å². The van der Waals surface area contributed by atoms with E-state index in [0.717, 1.165) is 13.1 Å². The second-order valence-corrected chi connectivity index (χ2v) is 4.60. The highest BCUT2D eigenvalue weighted by Gasteiger charge is 2.13. The predicted molar refractivity (Wildman–Crippen MR) is 69.7 cm³/mol. The fourth-order valence-electron chi connectivity index (χ4n) is 2.29. The maximum Gasteiger partial charge on any atom is 0.0342 e. The van der Waals surface area contributed by atoms with Gasteiger partial charge in [-0.05, 0) is 37.1 Å². The Labute approximate surface area is 98.4 Å². The van der Waals surface area contributed by atoms with Crippen molar-refractivity contribution in [2.75, 3.05) is 11.9 Å². The van der Waals surface area contributed by atoms with Gasteiger partial charge in [0.2, 0.25) is 0 Å². The minimum absolute atomic E-state index is 0.708. The second kappa shape index (κ2) is 5.90. The summed E-state index contributed by atoms with van der Waals surface area (Å²) in [5.74, 6) is 0. The number of rotatable bonds is 5. The zero-order chi connectivity index (χ0) is 11.2. The lowest BCUT2D eigenvalue weighted by molar-refractivity contribution is 0.726. The van der Waals surface area contributed by atoms with Crippen LogP contribution in [0.4, 0.5) is 5.69 Å². The summed E-state index contributed by atoms with van der Waals surface area (Å²) in [7, 11) is 0. The molecule has 0 radical (unpaired) electrons. The number of anilines is 1. The Kier molecular flexibility index (Phi) is 4.23. The van der Waals surface area contributed by atoms with E-state index in [1.807, 2.05) is 0 Å². The zero-order valence-electron chi connectivity index (χ0n) is 10.1. The molecule has 2 nitrogen and oxygen atoms in total. The molecule has 0 amide bonds. The molecule has 1 aliphatic carbocycles. The smallest absolute Gasteiger partial charge is 0.0342 e. The van der Waals surface area contributed by atoms with Crippen LogP contribution >= 0.6 is 0 Å². The first-order valence-corrected chi connectivity index (χ1v) is 6.44. The van der Waals surface area contributed by atoms with Gasteiger partial charge in [-0.2, -0.15) is 0 Å². The zero-order valence-corrected chi connectivity index (χ0v) is 10.1. The van der Waals surface area contributed by atoms with E-state index in [1.54, 1.807) is 0 Å². The van der Waals surface area contributed by atoms with E-state index in [9.17, 15) is 0 Å². The van der Waals surface area contributed by atoms with Crippen molar-refractivity contribution in [1.82, 2.24) is 5.32 Å². The molecular formula is C14H22N2. The first-order chi connectivity index (χ1) is 7.88. The van der Waals surface area contributed by atoms with Crippen molar-refractivity contribution in [2.45, 2.75) is 45.2 Å². The second-order valence-electron chi connectivity index (χ2n) is 4.60. The molecule has 0 atom stereocenters. The highest BCUT2D eigenvalue weighted by molar-refractivity contribution is 5.45. The van der Waals surface area contributed by atoms with Gasteiger partial charge in [-0.1, -0.05) is 31.9 Å². The maximum absolute atomic E-state index is 3.60. The molecular weight excluding hydrogens is 196 g/mol. The van der Waals surface area contributed by atoms with Gasteiger partial charge in [0.25, 0.3) is 0 Å². The van der Waals surface area contributed by atoms with Gasteiger partial charge >= 0.3 is 0 Å². The molecule has 1 aromatic carbocycles. The average Bonchev–Trinajstić information content (AvgIpc) is 2.81. The highest BCUT2D eigenvalue weighted by atomic mass is 14.9. The Morgan fingerprint density at radius 1 is 1.12 bits per heavy atom. The van der Waals surface area contributed by atoms with E-state index in [2.05, 4.69) is 41.8 Å². The topological polar surface area (TPSA) is 24.1 Å². The standard InChI is InChI=1S/C14H22N2/c1-2-15-11-12-7-9-14(10-8-12)16-13-5-3-4-6-13/h7-10,13,15-16H,2-6,11H2,1H3. The molecule has 0 spiro atoms. The summed E-state index contributed by atoms with van der Waals surface area (Å²) in [6, 6.07) is 9.52. The molecule has 1 saturated carbocycles. The van der Waals surface area contributed by atoms with Crippen molar-refractivity contribution in [3.8, 4) is 0 Å². The van der Waals surface area contributed by atoms with Crippen LogP contribution in [0.25, 0.3) is 0 Å². The van der Waals surface area contributed by atoms with Gasteiger partial charge < -0.3 is 10.6 Å². The highest BCUT2D eigenvalue weighted by Crippen LogP contribution is 2.22. The Morgan fingerprint density at radius 3 is 2.44 bits per heavy atom. The van der Waals surface area contributed by atoms with E-state index in [1.165, 1.54) is 36.9 Å². The fraction of sp³-hybridized carbons (Fsp3) is 0.571. The summed E-state index contributed by atoms with van der Waals surface area (Å²) in [4.78, 5) is 0. The van der Waals surface area contributed by atoms with Gasteiger partial charge in [-0.3, -0.25) is 0 Å². The molecule has 0 aromatic heterocycles. The van der Waals surface area contributed by atoms with Gasteiger partial charge in [0.15, 0.2) is 0 Å². The molecule has 2 rings (SSSR count). The Balaban J connectivity index is 1.86. The van der Waals surface area contributed by atoms with Crippen molar-refractivity contribution < 1.29 is 0 Å². The molecule has 0 bridgehead atoms. The van der Waals surface area contributed by atoms with E-state index in [4.69, 9.17) is 0 Å². The van der Waals surface area contributed by atoms with E-state index in [-0.39, 0.29) is 0 Å². The molecule has 1 aliphatic rings. The summed E-state index contributed by atoms with van der Waals surface area (Å²) in [6.45, 7) is 4.14. The lowest BCUT2D eigenvalue weighted by Gasteiger charge is -2.13. The van der Waals surface area contributed by atoms with Crippen LogP contribution < -0.4 is 10.6 Å². The molecule has 0 saturated heterocycles. The van der Waals surface area contributed by atoms with Gasteiger partial charge in [0.05, 0.1) is 0 Å². The minimum atomic E-state index is 0.708. The van der Waals surface area contributed by atoms with Crippen LogP contribution in [0, 0.1) is 0 Å². The maximum atomic E-state index is 3.60. The molecule has 0 aliphatic heterocycles. The van der Waals surface area contributed by atoms with Crippen molar-refractivity contribution >= 4 is 5.69 Å². The van der Waals surface area contributed by atoms with Crippen LogP contribution in [0.5, 0.6) is 0 Å². The number of benzene rings is 1. The third kappa shape index (κ3) is 3.24. The first-order valence-electron chi connectivity index (χ1n) is 6.44. The summed E-state index contributed by atoms with van der Waals surface area (Å²) >= 11 is 0. The van der Waals surface area contributed by atoms with Crippen LogP contribution in [0.3, 0.4) is 0 Å². The van der Waals surface area contributed by atoms with Crippen molar-refractivity contribution in [3.05, 3.63) is 29.8 Å². The number of hydrogen-bond donors (Lipinski definition) is 2. The summed E-state index contributed by atoms with van der Waals surface area (Å²) in [6.07, 6.45) is 5.44. The van der Waals surface area contributed by atoms with Gasteiger partial charge in [0, 0.05) is 18.3 Å². The van der Waals surface area contributed by atoms with Gasteiger partial charge in [-0.25, -0.2) is 0 Å². The molecule has 88 valence electrons. The SMILES string of the molecule is CCNCc1ccc(NC2CCCC2)cc1. The lowest BCUT2D eigenvalue weighted by Crippen LogP contribution is -2.14. The first kappa shape index (κ1) is 11.5. The van der Waals surface area contributed by atoms with Crippen molar-refractivity contribution in [3.63, 3.8) is 0 Å². The van der Waals surface area contributed by atoms with Crippen molar-refractivity contribution in [2.24, 2.45) is 0 Å². The molecule has 0 unspecified atom stereocenters. The summed E-state index contributed by atoms with van der Waals surface area (Å²) in [5.41, 5.74) is 2.63. The third-order valence-corrected chi connectivity index (χ3v) is 3.26. The van der Waals surface area contributed by atoms with Crippen LogP contribution in [-0.4, -0.2) is 12.6 Å². The van der Waals surface area contributed by atoms with Crippen LogP contribution in [0.1, 0.15) is 38.2 Å². The van der Waals surface area contributed by atoms with E-state index in [0.29, 0.717) is 6.04 Å². The predicted octanol–water partition coefficient (Wildman–Crippen LogP) is 3.15. The van der Waals surface area contributed by atoms with E-state index < -0.39 is 0 Å². The van der Waals surface area contributed by atoms with Gasteiger partial charge in [0.1, 0.15) is 0 Å². The summed E-state index contributed by atoms with van der Waals surface area (Å²) in [5, 5.41) is 6.94. The molecule has 16 heavy (non-hydrogen) atoms. The molecule has 0 heterocycles. The Bertz CT molecular complexity index is 299. The molecule has 1 aromatic rings. The summed E-state index contributed by atoms with van der Waals surface area (Å²) < 4.78 is 0. The quantitative estimate of drug-likeness (QED) is 0.793. The van der Waals surface area contributed by atoms with Gasteiger partial charge in [-0.15, -0.1) is 0 Å². The largest absolute Gasteiger partial charge is 0.382 e. The monoisotopic (exact) mass is 218 g/mol. The lowest BCUT2D eigenvalue weighted by atomic mass is 10.2. The normalized spacial score (nSPS) is 16.6. The minimum Gasteiger partial charge on any atom is -0.382 e. The van der Waals surface area contributed by atoms with E-state index >= 15 is 0 Å². The van der Waals surface area contributed by atoms with Crippen LogP contribution in [0.2, 0.25) is 0 Å². The Morgan fingerprint density at radius 2 is 1.81 bits per heavy atom. The molecule has 1 fully saturated rings. The fourth-order valence-corrected chi connectivity index (χ4v) is 2.29. The van der Waals surface area contributed by atoms with Crippen molar-refractivity contribution in [1.29, 1.82) is 0 Å². The molecule has 2 heteroatoms. The number of nitrogens with one attached hydrogen (secondary N) is 2.